The Morgan fingerprint density at radius 2 is 1.59 bits per heavy atom. The molecule has 2 rings (SSSR count). The van der Waals surface area contributed by atoms with Gasteiger partial charge in [-0.25, -0.2) is 9.59 Å². The highest BCUT2D eigenvalue weighted by molar-refractivity contribution is 6.19. The van der Waals surface area contributed by atoms with E-state index in [0.717, 1.165) is 11.1 Å². The van der Waals surface area contributed by atoms with E-state index in [9.17, 15) is 14.7 Å². The van der Waals surface area contributed by atoms with E-state index in [4.69, 9.17) is 21.2 Å². The number of benzene rings is 1. The van der Waals surface area contributed by atoms with Crippen molar-refractivity contribution in [2.24, 2.45) is 0 Å². The van der Waals surface area contributed by atoms with Gasteiger partial charge in [-0.2, -0.15) is 0 Å². The fraction of sp³-hybridized carbons (Fsp3) is 0.600. The minimum Gasteiger partial charge on any atom is -0.478 e. The molecule has 0 aromatic heterocycles. The molecule has 1 aliphatic rings. The zero-order valence-electron chi connectivity index (χ0n) is 16.5. The van der Waals surface area contributed by atoms with Crippen molar-refractivity contribution < 1.29 is 24.3 Å². The van der Waals surface area contributed by atoms with Crippen molar-refractivity contribution in [3.05, 3.63) is 34.9 Å². The molecular weight excluding hydrogens is 370 g/mol. The van der Waals surface area contributed by atoms with Crippen LogP contribution in [-0.4, -0.2) is 27.9 Å². The molecule has 0 fully saturated rings. The van der Waals surface area contributed by atoms with Crippen molar-refractivity contribution >= 4 is 23.7 Å². The van der Waals surface area contributed by atoms with Gasteiger partial charge in [-0.3, -0.25) is 0 Å². The molecule has 0 radical (unpaired) electrons. The molecule has 7 heteroatoms. The number of fused-ring (bicyclic) bond motifs is 1. The standard InChI is InChI=1S/C20H28ClNO5/c1-6-19(7-2)15-11-10-14(17(23)24)12-16(15)20(8-3,9-4)22(19)27-18(25)26-13(5)21/h10-13H,6-9H2,1-5H3,(H,23,24). The van der Waals surface area contributed by atoms with Crippen LogP contribution < -0.4 is 0 Å². The number of carbonyl (C=O) groups excluding carboxylic acids is 1. The number of rotatable bonds is 7. The van der Waals surface area contributed by atoms with Crippen LogP contribution in [-0.2, 0) is 20.7 Å². The van der Waals surface area contributed by atoms with Crippen LogP contribution in [0.1, 0.15) is 81.8 Å². The van der Waals surface area contributed by atoms with E-state index in [-0.39, 0.29) is 5.56 Å². The molecule has 27 heavy (non-hydrogen) atoms. The number of halogens is 1. The van der Waals surface area contributed by atoms with Crippen LogP contribution in [0.3, 0.4) is 0 Å². The molecule has 0 amide bonds. The summed E-state index contributed by atoms with van der Waals surface area (Å²) in [5.74, 6) is -0.979. The Kier molecular flexibility index (Phi) is 6.43. The largest absolute Gasteiger partial charge is 0.529 e. The second-order valence-electron chi connectivity index (χ2n) is 6.84. The predicted molar refractivity (Wildman–Crippen MR) is 103 cm³/mol. The third-order valence-electron chi connectivity index (χ3n) is 5.81. The van der Waals surface area contributed by atoms with Crippen LogP contribution in [0.2, 0.25) is 0 Å². The summed E-state index contributed by atoms with van der Waals surface area (Å²) in [5.41, 5.74) is 0.0982. The van der Waals surface area contributed by atoms with Gasteiger partial charge < -0.3 is 14.7 Å². The molecule has 1 aromatic carbocycles. The Bertz CT molecular complexity index is 710. The van der Waals surface area contributed by atoms with Crippen LogP contribution >= 0.6 is 11.6 Å². The third-order valence-corrected chi connectivity index (χ3v) is 5.90. The van der Waals surface area contributed by atoms with Crippen molar-refractivity contribution in [2.75, 3.05) is 0 Å². The number of hydrogen-bond donors (Lipinski definition) is 1. The third kappa shape index (κ3) is 3.41. The van der Waals surface area contributed by atoms with E-state index in [1.807, 2.05) is 33.8 Å². The van der Waals surface area contributed by atoms with Crippen LogP contribution in [0.5, 0.6) is 0 Å². The SMILES string of the molecule is CCC1(CC)c2ccc(C(=O)O)cc2C(CC)(CC)N1OC(=O)OC(C)Cl. The molecule has 150 valence electrons. The smallest absolute Gasteiger partial charge is 0.478 e. The van der Waals surface area contributed by atoms with Crippen LogP contribution in [0.25, 0.3) is 0 Å². The summed E-state index contributed by atoms with van der Waals surface area (Å²) in [6.07, 6.45) is 1.81. The minimum atomic E-state index is -0.979. The number of aromatic carboxylic acids is 1. The fourth-order valence-electron chi connectivity index (χ4n) is 4.34. The second kappa shape index (κ2) is 8.07. The highest BCUT2D eigenvalue weighted by Gasteiger charge is 2.58. The molecule has 0 aliphatic carbocycles. The number of alkyl halides is 1. The molecule has 1 atom stereocenters. The lowest BCUT2D eigenvalue weighted by Gasteiger charge is -2.44. The summed E-state index contributed by atoms with van der Waals surface area (Å²) in [5, 5.41) is 11.2. The van der Waals surface area contributed by atoms with Crippen LogP contribution in [0.4, 0.5) is 4.79 Å². The molecule has 0 spiro atoms. The lowest BCUT2D eigenvalue weighted by molar-refractivity contribution is -0.251. The summed E-state index contributed by atoms with van der Waals surface area (Å²) in [6, 6.07) is 5.17. The molecule has 0 saturated carbocycles. The molecule has 6 nitrogen and oxygen atoms in total. The van der Waals surface area contributed by atoms with Crippen molar-refractivity contribution in [2.45, 2.75) is 76.9 Å². The van der Waals surface area contributed by atoms with E-state index in [2.05, 4.69) is 0 Å². The summed E-state index contributed by atoms with van der Waals surface area (Å²) >= 11 is 5.77. The predicted octanol–water partition coefficient (Wildman–Crippen LogP) is 5.38. The monoisotopic (exact) mass is 397 g/mol. The van der Waals surface area contributed by atoms with Crippen LogP contribution in [0, 0.1) is 0 Å². The topological polar surface area (TPSA) is 76.1 Å². The summed E-state index contributed by atoms with van der Waals surface area (Å²) < 4.78 is 5.01. The van der Waals surface area contributed by atoms with E-state index >= 15 is 0 Å². The molecule has 1 heterocycles. The quantitative estimate of drug-likeness (QED) is 0.491. The van der Waals surface area contributed by atoms with E-state index < -0.39 is 28.8 Å². The Hall–Kier alpha value is -1.79. The summed E-state index contributed by atoms with van der Waals surface area (Å²) in [4.78, 5) is 29.6. The van der Waals surface area contributed by atoms with Gasteiger partial charge in [-0.1, -0.05) is 45.4 Å². The molecule has 1 aromatic rings. The van der Waals surface area contributed by atoms with Crippen LogP contribution in [0.15, 0.2) is 18.2 Å². The van der Waals surface area contributed by atoms with E-state index in [0.29, 0.717) is 25.7 Å². The Balaban J connectivity index is 2.68. The highest BCUT2D eigenvalue weighted by atomic mass is 35.5. The first-order valence-electron chi connectivity index (χ1n) is 9.43. The first-order valence-corrected chi connectivity index (χ1v) is 9.87. The van der Waals surface area contributed by atoms with Gasteiger partial charge in [-0.15, -0.1) is 5.06 Å². The van der Waals surface area contributed by atoms with E-state index in [1.165, 1.54) is 0 Å². The lowest BCUT2D eigenvalue weighted by Crippen LogP contribution is -2.51. The number of carboxylic acids is 1. The average Bonchev–Trinajstić information content (AvgIpc) is 2.86. The van der Waals surface area contributed by atoms with Crippen molar-refractivity contribution in [3.8, 4) is 0 Å². The zero-order chi connectivity index (χ0) is 20.4. The summed E-state index contributed by atoms with van der Waals surface area (Å²) in [7, 11) is 0. The number of hydroxylamine groups is 2. The molecule has 1 N–H and O–H groups in total. The molecule has 0 saturated heterocycles. The molecule has 0 bridgehead atoms. The number of nitrogens with zero attached hydrogens (tertiary/aromatic N) is 1. The second-order valence-corrected chi connectivity index (χ2v) is 7.45. The van der Waals surface area contributed by atoms with Gasteiger partial charge in [0.15, 0.2) is 5.56 Å². The van der Waals surface area contributed by atoms with Gasteiger partial charge in [0.05, 0.1) is 16.6 Å². The molecule has 1 unspecified atom stereocenters. The van der Waals surface area contributed by atoms with Crippen molar-refractivity contribution in [1.82, 2.24) is 5.06 Å². The first-order chi connectivity index (χ1) is 12.7. The van der Waals surface area contributed by atoms with E-state index in [1.54, 1.807) is 24.1 Å². The Morgan fingerprint density at radius 3 is 2.04 bits per heavy atom. The van der Waals surface area contributed by atoms with Gasteiger partial charge >= 0.3 is 12.1 Å². The maximum absolute atomic E-state index is 12.3. The number of carbonyl (C=O) groups is 2. The van der Waals surface area contributed by atoms with Crippen molar-refractivity contribution in [1.29, 1.82) is 0 Å². The molecule has 1 aliphatic heterocycles. The number of carboxylic acid groups (broad SMARTS) is 1. The van der Waals surface area contributed by atoms with Gasteiger partial charge in [0.1, 0.15) is 0 Å². The first kappa shape index (κ1) is 21.5. The van der Waals surface area contributed by atoms with Gasteiger partial charge in [0, 0.05) is 0 Å². The minimum absolute atomic E-state index is 0.222. The van der Waals surface area contributed by atoms with Gasteiger partial charge in [0.25, 0.3) is 0 Å². The number of hydrogen-bond acceptors (Lipinski definition) is 5. The summed E-state index contributed by atoms with van der Waals surface area (Å²) in [6.45, 7) is 9.62. The average molecular weight is 398 g/mol. The fourth-order valence-corrected chi connectivity index (χ4v) is 4.41. The Labute approximate surface area is 165 Å². The van der Waals surface area contributed by atoms with Crippen molar-refractivity contribution in [3.63, 3.8) is 0 Å². The number of ether oxygens (including phenoxy) is 1. The maximum Gasteiger partial charge on any atom is 0.529 e. The van der Waals surface area contributed by atoms with Gasteiger partial charge in [0.2, 0.25) is 0 Å². The normalized spacial score (nSPS) is 18.6. The zero-order valence-corrected chi connectivity index (χ0v) is 17.3. The lowest BCUT2D eigenvalue weighted by atomic mass is 9.82. The Morgan fingerprint density at radius 1 is 1.07 bits per heavy atom. The highest BCUT2D eigenvalue weighted by Crippen LogP contribution is 2.56. The van der Waals surface area contributed by atoms with Gasteiger partial charge in [-0.05, 0) is 55.9 Å². The molecular formula is C20H28ClNO5. The maximum atomic E-state index is 12.3.